The average Bonchev–Trinajstić information content (AvgIpc) is 3.91. The lowest BCUT2D eigenvalue weighted by atomic mass is 9.82. The molecule has 0 N–H and O–H groups in total. The number of benzene rings is 7. The van der Waals surface area contributed by atoms with Crippen LogP contribution in [-0.4, -0.2) is 14.1 Å². The Bertz CT molecular complexity index is 3870. The maximum absolute atomic E-state index is 9.01. The number of nitrogens with zero attached hydrogens (tertiary/aromatic N) is 4. The fourth-order valence-electron chi connectivity index (χ4n) is 7.89. The van der Waals surface area contributed by atoms with E-state index in [9.17, 15) is 0 Å². The van der Waals surface area contributed by atoms with Gasteiger partial charge in [0.15, 0.2) is 0 Å². The first-order valence-corrected chi connectivity index (χ1v) is 18.9. The van der Waals surface area contributed by atoms with Crippen molar-refractivity contribution < 1.29 is 31.2 Å². The highest BCUT2D eigenvalue weighted by Gasteiger charge is 2.24. The summed E-state index contributed by atoms with van der Waals surface area (Å²) in [6.07, 6.45) is 4.63. The summed E-state index contributed by atoms with van der Waals surface area (Å²) >= 11 is 0. The molecule has 0 aliphatic heterocycles. The molecule has 286 valence electrons. The van der Waals surface area contributed by atoms with Gasteiger partial charge in [0.05, 0.1) is 47.1 Å². The van der Waals surface area contributed by atoms with E-state index in [1.165, 1.54) is 12.3 Å². The zero-order valence-electron chi connectivity index (χ0n) is 48.2. The fraction of sp³-hybridized carbons (Fsp3) is 0.111. The summed E-state index contributed by atoms with van der Waals surface area (Å²) in [6.45, 7) is -0.0868. The minimum absolute atomic E-state index is 0.0597. The van der Waals surface area contributed by atoms with E-state index in [0.717, 1.165) is 10.8 Å². The van der Waals surface area contributed by atoms with Crippen LogP contribution < -0.4 is 9.30 Å². The van der Waals surface area contributed by atoms with Crippen LogP contribution in [0.2, 0.25) is 0 Å². The zero-order chi connectivity index (χ0) is 54.0. The Labute approximate surface area is 367 Å². The molecule has 59 heavy (non-hydrogen) atoms. The van der Waals surface area contributed by atoms with E-state index in [-0.39, 0.29) is 50.4 Å². The molecular formula is C54H44N4O. The number of fused-ring (bicyclic) bond motifs is 4. The first-order chi connectivity index (χ1) is 35.3. The smallest absolute Gasteiger partial charge is 0.269 e. The maximum Gasteiger partial charge on any atom is 0.269 e. The molecule has 5 nitrogen and oxygen atoms in total. The van der Waals surface area contributed by atoms with Gasteiger partial charge in [-0.2, -0.15) is 0 Å². The third-order valence-corrected chi connectivity index (χ3v) is 10.3. The summed E-state index contributed by atoms with van der Waals surface area (Å²) in [6, 6.07) is 26.1. The van der Waals surface area contributed by atoms with Gasteiger partial charge in [0.2, 0.25) is 0 Å². The first kappa shape index (κ1) is 22.6. The molecule has 5 heteroatoms. The second-order valence-corrected chi connectivity index (χ2v) is 15.1. The first-order valence-electron chi connectivity index (χ1n) is 26.9. The van der Waals surface area contributed by atoms with Gasteiger partial charge in [-0.3, -0.25) is 13.7 Å². The van der Waals surface area contributed by atoms with Crippen molar-refractivity contribution in [2.45, 2.75) is 39.9 Å². The minimum atomic E-state index is -2.78. The van der Waals surface area contributed by atoms with Crippen molar-refractivity contribution >= 4 is 32.8 Å². The number of ether oxygens (including phenoxy) is 1. The highest BCUT2D eigenvalue weighted by Crippen LogP contribution is 2.39. The minimum Gasteiger partial charge on any atom is -0.458 e. The van der Waals surface area contributed by atoms with E-state index < -0.39 is 79.5 Å². The van der Waals surface area contributed by atoms with E-state index in [1.807, 2.05) is 36.4 Å². The van der Waals surface area contributed by atoms with Crippen LogP contribution in [0.5, 0.6) is 11.5 Å². The van der Waals surface area contributed by atoms with Gasteiger partial charge in [-0.05, 0) is 94.5 Å². The SMILES string of the molecule is [2H]c1c([2H])c([2H])c(-c2cccc(-c3c([2H])c([2H])c([2H])c([2H])c3[2H])c2-[n+]2[c-]n(-c3cccc(Oc4ccc5c6ccccc6n(-c6ncc(C([2H])([2H])[2H])c(C(C)(C)C)c6C([2H])([2H])[2H])c5c4)c3)c3ccccc32)c([2H])c1[2H]. The van der Waals surface area contributed by atoms with Crippen LogP contribution in [-0.2, 0) is 5.41 Å². The lowest BCUT2D eigenvalue weighted by Crippen LogP contribution is -2.31. The standard InChI is InChI=1S/C54H44N4O/c1-36-34-55-53(37(2)51(36)54(3,4)5)58-47-27-13-12-24-45(47)46-31-30-42(33-50(46)58)59-41-23-16-22-40(32-41)56-35-57(49-29-15-14-28-48(49)56)52-43(38-18-8-6-9-19-38)25-17-26-44(52)39-20-10-7-11-21-39/h6-34H,1-5H3/i1D3,2D3,6D,7D,8D,9D,10D,11D,18D,19D,20D,21D. The third-order valence-electron chi connectivity index (χ3n) is 10.3. The molecule has 0 saturated carbocycles. The molecule has 7 aromatic carbocycles. The molecule has 0 bridgehead atoms. The van der Waals surface area contributed by atoms with Crippen LogP contribution in [0, 0.1) is 20.0 Å². The summed E-state index contributed by atoms with van der Waals surface area (Å²) in [7, 11) is 0. The summed E-state index contributed by atoms with van der Waals surface area (Å²) in [5, 5.41) is 1.55. The predicted octanol–water partition coefficient (Wildman–Crippen LogP) is 13.2. The molecular weight excluding hydrogens is 721 g/mol. The molecule has 0 unspecified atom stereocenters. The highest BCUT2D eigenvalue weighted by molar-refractivity contribution is 6.09. The molecule has 0 saturated heterocycles. The van der Waals surface area contributed by atoms with Crippen LogP contribution in [0.4, 0.5) is 0 Å². The van der Waals surface area contributed by atoms with Crippen molar-refractivity contribution in [2.75, 3.05) is 0 Å². The number of imidazole rings is 1. The van der Waals surface area contributed by atoms with Gasteiger partial charge in [-0.15, -0.1) is 0 Å². The lowest BCUT2D eigenvalue weighted by Gasteiger charge is -2.26. The van der Waals surface area contributed by atoms with Crippen molar-refractivity contribution in [3.05, 3.63) is 199 Å². The third kappa shape index (κ3) is 6.27. The Hall–Kier alpha value is -7.24. The van der Waals surface area contributed by atoms with E-state index in [4.69, 9.17) is 26.7 Å². The molecule has 0 aliphatic rings. The van der Waals surface area contributed by atoms with Crippen molar-refractivity contribution in [1.29, 1.82) is 0 Å². The summed E-state index contributed by atoms with van der Waals surface area (Å²) < 4.78 is 150. The van der Waals surface area contributed by atoms with Gasteiger partial charge in [0, 0.05) is 31.3 Å². The van der Waals surface area contributed by atoms with Gasteiger partial charge >= 0.3 is 0 Å². The number of hydrogen-bond acceptors (Lipinski definition) is 2. The molecule has 10 aromatic rings. The van der Waals surface area contributed by atoms with Gasteiger partial charge in [-0.1, -0.05) is 148 Å². The Balaban J connectivity index is 1.16. The van der Waals surface area contributed by atoms with E-state index in [2.05, 4.69) is 11.3 Å². The molecule has 0 amide bonds. The molecule has 3 heterocycles. The number of para-hydroxylation sites is 4. The summed E-state index contributed by atoms with van der Waals surface area (Å²) in [5.74, 6) is 0.788. The lowest BCUT2D eigenvalue weighted by molar-refractivity contribution is -0.571. The predicted molar refractivity (Wildman–Crippen MR) is 241 cm³/mol. The number of hydrogen-bond donors (Lipinski definition) is 0. The summed E-state index contributed by atoms with van der Waals surface area (Å²) in [5.41, 5.74) is 1.69. The molecule has 0 fully saturated rings. The van der Waals surface area contributed by atoms with Gasteiger partial charge < -0.3 is 4.74 Å². The normalized spacial score (nSPS) is 16.1. The van der Waals surface area contributed by atoms with Crippen LogP contribution in [0.3, 0.4) is 0 Å². The van der Waals surface area contributed by atoms with E-state index in [0.29, 0.717) is 39.3 Å². The number of aromatic nitrogens is 4. The van der Waals surface area contributed by atoms with Crippen LogP contribution in [0.25, 0.3) is 72.3 Å². The highest BCUT2D eigenvalue weighted by atomic mass is 16.5. The van der Waals surface area contributed by atoms with Crippen LogP contribution in [0.1, 0.15) is 59.4 Å². The van der Waals surface area contributed by atoms with Crippen molar-refractivity contribution in [1.82, 2.24) is 14.1 Å². The van der Waals surface area contributed by atoms with E-state index in [1.54, 1.807) is 101 Å². The van der Waals surface area contributed by atoms with Crippen molar-refractivity contribution in [3.63, 3.8) is 0 Å². The van der Waals surface area contributed by atoms with Crippen molar-refractivity contribution in [3.8, 4) is 50.9 Å². The number of aryl methyl sites for hydroxylation is 1. The summed E-state index contributed by atoms with van der Waals surface area (Å²) in [4.78, 5) is 4.63. The van der Waals surface area contributed by atoms with Gasteiger partial charge in [0.25, 0.3) is 6.33 Å². The number of pyridine rings is 1. The van der Waals surface area contributed by atoms with Gasteiger partial charge in [0.1, 0.15) is 17.3 Å². The Morgan fingerprint density at radius 3 is 2.03 bits per heavy atom. The quantitative estimate of drug-likeness (QED) is 0.119. The topological polar surface area (TPSA) is 35.9 Å². The second kappa shape index (κ2) is 14.3. The Morgan fingerprint density at radius 1 is 0.661 bits per heavy atom. The molecule has 0 spiro atoms. The molecule has 0 radical (unpaired) electrons. The van der Waals surface area contributed by atoms with Crippen molar-refractivity contribution in [2.24, 2.45) is 0 Å². The van der Waals surface area contributed by atoms with Gasteiger partial charge in [-0.25, -0.2) is 4.98 Å². The molecule has 0 aliphatic carbocycles. The average molecular weight is 781 g/mol. The molecule has 10 rings (SSSR count). The second-order valence-electron chi connectivity index (χ2n) is 15.1. The van der Waals surface area contributed by atoms with Crippen LogP contribution >= 0.6 is 0 Å². The van der Waals surface area contributed by atoms with E-state index >= 15 is 0 Å². The maximum atomic E-state index is 9.01. The Morgan fingerprint density at radius 2 is 1.32 bits per heavy atom. The number of rotatable bonds is 7. The monoisotopic (exact) mass is 780 g/mol. The van der Waals surface area contributed by atoms with Crippen LogP contribution in [0.15, 0.2) is 176 Å². The zero-order valence-corrected chi connectivity index (χ0v) is 32.2. The Kier molecular flexibility index (Phi) is 5.48. The fourth-order valence-corrected chi connectivity index (χ4v) is 7.89. The molecule has 3 aromatic heterocycles. The molecule has 0 atom stereocenters. The largest absolute Gasteiger partial charge is 0.458 e.